The van der Waals surface area contributed by atoms with Crippen LogP contribution in [-0.2, 0) is 9.53 Å². The molecule has 1 rings (SSSR count). The minimum absolute atomic E-state index is 0.183. The van der Waals surface area contributed by atoms with Gasteiger partial charge in [0.2, 0.25) is 0 Å². The molecule has 1 aliphatic heterocycles. The summed E-state index contributed by atoms with van der Waals surface area (Å²) in [7, 11) is 0. The largest absolute Gasteiger partial charge is 0.480 e. The Morgan fingerprint density at radius 3 is 2.69 bits per heavy atom. The molecule has 0 aliphatic carbocycles. The summed E-state index contributed by atoms with van der Waals surface area (Å²) in [6.45, 7) is 5.38. The molecule has 76 valence electrons. The van der Waals surface area contributed by atoms with Crippen molar-refractivity contribution in [1.82, 2.24) is 0 Å². The maximum Gasteiger partial charge on any atom is 0.316 e. The van der Waals surface area contributed by atoms with E-state index in [9.17, 15) is 4.79 Å². The maximum atomic E-state index is 10.9. The number of carbonyl (C=O) groups is 1. The van der Waals surface area contributed by atoms with Crippen molar-refractivity contribution >= 4 is 17.7 Å². The van der Waals surface area contributed by atoms with Crippen LogP contribution in [-0.4, -0.2) is 34.8 Å². The van der Waals surface area contributed by atoms with Gasteiger partial charge in [0.15, 0.2) is 0 Å². The molecule has 4 heteroatoms. The third kappa shape index (κ3) is 3.19. The number of aliphatic carboxylic acids is 1. The fourth-order valence-electron chi connectivity index (χ4n) is 1.33. The Hall–Kier alpha value is -0.220. The average molecular weight is 204 g/mol. The quantitative estimate of drug-likeness (QED) is 0.756. The van der Waals surface area contributed by atoms with Gasteiger partial charge >= 0.3 is 5.97 Å². The lowest BCUT2D eigenvalue weighted by Crippen LogP contribution is -2.25. The van der Waals surface area contributed by atoms with E-state index in [0.717, 1.165) is 13.0 Å². The first kappa shape index (κ1) is 10.9. The molecule has 0 bridgehead atoms. The predicted octanol–water partition coefficient (Wildman–Crippen LogP) is 1.62. The molecular formula is C9H16O3S. The van der Waals surface area contributed by atoms with Crippen LogP contribution in [0.15, 0.2) is 0 Å². The Morgan fingerprint density at radius 2 is 2.31 bits per heavy atom. The van der Waals surface area contributed by atoms with Crippen LogP contribution in [0.4, 0.5) is 0 Å². The SMILES string of the molecule is CC(C)C(SC1CCOC1)C(=O)O. The van der Waals surface area contributed by atoms with Gasteiger partial charge in [0, 0.05) is 11.9 Å². The molecule has 1 saturated heterocycles. The first-order valence-corrected chi connectivity index (χ1v) is 5.51. The minimum Gasteiger partial charge on any atom is -0.480 e. The summed E-state index contributed by atoms with van der Waals surface area (Å²) in [4.78, 5) is 10.9. The molecule has 0 aromatic carbocycles. The molecule has 1 heterocycles. The Balaban J connectivity index is 2.41. The summed E-state index contributed by atoms with van der Waals surface area (Å²) in [5.41, 5.74) is 0. The minimum atomic E-state index is -0.702. The van der Waals surface area contributed by atoms with E-state index in [0.29, 0.717) is 11.9 Å². The van der Waals surface area contributed by atoms with E-state index in [4.69, 9.17) is 9.84 Å². The first-order valence-electron chi connectivity index (χ1n) is 4.57. The number of carboxylic acid groups (broad SMARTS) is 1. The Kier molecular flexibility index (Phi) is 4.06. The van der Waals surface area contributed by atoms with Crippen LogP contribution in [0.1, 0.15) is 20.3 Å². The van der Waals surface area contributed by atoms with Crippen molar-refractivity contribution in [1.29, 1.82) is 0 Å². The highest BCUT2D eigenvalue weighted by Crippen LogP contribution is 2.29. The lowest BCUT2D eigenvalue weighted by Gasteiger charge is -2.18. The highest BCUT2D eigenvalue weighted by Gasteiger charge is 2.27. The Morgan fingerprint density at radius 1 is 1.62 bits per heavy atom. The van der Waals surface area contributed by atoms with E-state index in [1.807, 2.05) is 13.8 Å². The van der Waals surface area contributed by atoms with Crippen molar-refractivity contribution in [2.45, 2.75) is 30.8 Å². The van der Waals surface area contributed by atoms with Crippen LogP contribution in [0.2, 0.25) is 0 Å². The van der Waals surface area contributed by atoms with Gasteiger partial charge in [-0.1, -0.05) is 13.8 Å². The van der Waals surface area contributed by atoms with E-state index in [1.165, 1.54) is 0 Å². The zero-order chi connectivity index (χ0) is 9.84. The van der Waals surface area contributed by atoms with E-state index in [-0.39, 0.29) is 11.2 Å². The number of rotatable bonds is 4. The van der Waals surface area contributed by atoms with Gasteiger partial charge < -0.3 is 9.84 Å². The zero-order valence-electron chi connectivity index (χ0n) is 8.03. The van der Waals surface area contributed by atoms with Gasteiger partial charge in [0.25, 0.3) is 0 Å². The van der Waals surface area contributed by atoms with Crippen LogP contribution >= 0.6 is 11.8 Å². The van der Waals surface area contributed by atoms with Crippen LogP contribution in [0.3, 0.4) is 0 Å². The van der Waals surface area contributed by atoms with Crippen LogP contribution in [0.5, 0.6) is 0 Å². The lowest BCUT2D eigenvalue weighted by atomic mass is 10.1. The summed E-state index contributed by atoms with van der Waals surface area (Å²) in [5.74, 6) is -0.519. The first-order chi connectivity index (χ1) is 6.11. The molecule has 0 radical (unpaired) electrons. The van der Waals surface area contributed by atoms with Crippen LogP contribution in [0.25, 0.3) is 0 Å². The normalized spacial score (nSPS) is 25.0. The molecule has 1 N–H and O–H groups in total. The van der Waals surface area contributed by atoms with Crippen LogP contribution in [0, 0.1) is 5.92 Å². The fourth-order valence-corrected chi connectivity index (χ4v) is 2.58. The van der Waals surface area contributed by atoms with Gasteiger partial charge in [-0.05, 0) is 12.3 Å². The van der Waals surface area contributed by atoms with Gasteiger partial charge in [-0.2, -0.15) is 0 Å². The molecular weight excluding hydrogens is 188 g/mol. The highest BCUT2D eigenvalue weighted by atomic mass is 32.2. The molecule has 1 aliphatic rings. The molecule has 2 atom stereocenters. The summed E-state index contributed by atoms with van der Waals surface area (Å²) in [6, 6.07) is 0. The zero-order valence-corrected chi connectivity index (χ0v) is 8.84. The molecule has 1 fully saturated rings. The van der Waals surface area contributed by atoms with Crippen molar-refractivity contribution in [2.24, 2.45) is 5.92 Å². The fraction of sp³-hybridized carbons (Fsp3) is 0.889. The Bertz CT molecular complexity index is 176. The van der Waals surface area contributed by atoms with Gasteiger partial charge in [0.05, 0.1) is 6.61 Å². The van der Waals surface area contributed by atoms with Crippen molar-refractivity contribution in [2.75, 3.05) is 13.2 Å². The van der Waals surface area contributed by atoms with Crippen molar-refractivity contribution in [3.63, 3.8) is 0 Å². The van der Waals surface area contributed by atoms with Gasteiger partial charge in [-0.3, -0.25) is 4.79 Å². The third-order valence-corrected chi connectivity index (χ3v) is 3.87. The molecule has 0 aromatic heterocycles. The van der Waals surface area contributed by atoms with Crippen LogP contribution < -0.4 is 0 Å². The van der Waals surface area contributed by atoms with Crippen molar-refractivity contribution in [3.05, 3.63) is 0 Å². The number of thioether (sulfide) groups is 1. The second kappa shape index (κ2) is 4.86. The second-order valence-corrected chi connectivity index (χ2v) is 5.07. The van der Waals surface area contributed by atoms with E-state index < -0.39 is 5.97 Å². The molecule has 0 spiro atoms. The Labute approximate surface area is 82.8 Å². The van der Waals surface area contributed by atoms with Gasteiger partial charge in [-0.25, -0.2) is 0 Å². The summed E-state index contributed by atoms with van der Waals surface area (Å²) >= 11 is 1.54. The van der Waals surface area contributed by atoms with Crippen molar-refractivity contribution < 1.29 is 14.6 Å². The number of ether oxygens (including phenoxy) is 1. The number of carboxylic acids is 1. The smallest absolute Gasteiger partial charge is 0.316 e. The summed E-state index contributed by atoms with van der Waals surface area (Å²) < 4.78 is 5.20. The molecule has 13 heavy (non-hydrogen) atoms. The van der Waals surface area contributed by atoms with Crippen molar-refractivity contribution in [3.8, 4) is 0 Å². The highest BCUT2D eigenvalue weighted by molar-refractivity contribution is 8.01. The molecule has 0 amide bonds. The standard InChI is InChI=1S/C9H16O3S/c1-6(2)8(9(10)11)13-7-3-4-12-5-7/h6-8H,3-5H2,1-2H3,(H,10,11). The lowest BCUT2D eigenvalue weighted by molar-refractivity contribution is -0.137. The van der Waals surface area contributed by atoms with E-state index >= 15 is 0 Å². The topological polar surface area (TPSA) is 46.5 Å². The third-order valence-electron chi connectivity index (χ3n) is 2.08. The molecule has 0 saturated carbocycles. The molecule has 3 nitrogen and oxygen atoms in total. The summed E-state index contributed by atoms with van der Waals surface area (Å²) in [6.07, 6.45) is 0.987. The molecule has 2 unspecified atom stereocenters. The monoisotopic (exact) mass is 204 g/mol. The average Bonchev–Trinajstić information content (AvgIpc) is 2.50. The number of hydrogen-bond acceptors (Lipinski definition) is 3. The second-order valence-electron chi connectivity index (χ2n) is 3.62. The number of hydrogen-bond donors (Lipinski definition) is 1. The van der Waals surface area contributed by atoms with E-state index in [1.54, 1.807) is 11.8 Å². The predicted molar refractivity (Wildman–Crippen MR) is 53.1 cm³/mol. The van der Waals surface area contributed by atoms with Gasteiger partial charge in [-0.15, -0.1) is 11.8 Å². The maximum absolute atomic E-state index is 10.9. The summed E-state index contributed by atoms with van der Waals surface area (Å²) in [5, 5.41) is 9.04. The van der Waals surface area contributed by atoms with Gasteiger partial charge in [0.1, 0.15) is 5.25 Å². The van der Waals surface area contributed by atoms with E-state index in [2.05, 4.69) is 0 Å². The molecule has 0 aromatic rings.